The van der Waals surface area contributed by atoms with Gasteiger partial charge in [0.25, 0.3) is 0 Å². The van der Waals surface area contributed by atoms with Crippen molar-refractivity contribution < 1.29 is 8.42 Å². The fourth-order valence-electron chi connectivity index (χ4n) is 2.20. The Kier molecular flexibility index (Phi) is 5.62. The van der Waals surface area contributed by atoms with Crippen molar-refractivity contribution in [2.24, 2.45) is 0 Å². The van der Waals surface area contributed by atoms with Gasteiger partial charge in [0.2, 0.25) is 10.0 Å². The normalized spacial score (nSPS) is 11.7. The molecule has 0 saturated carbocycles. The van der Waals surface area contributed by atoms with Gasteiger partial charge in [0.1, 0.15) is 10.7 Å². The van der Waals surface area contributed by atoms with E-state index in [0.717, 1.165) is 11.3 Å². The minimum absolute atomic E-state index is 0.189. The second-order valence-electron chi connectivity index (χ2n) is 5.01. The smallest absolute Gasteiger partial charge is 0.244 e. The first-order valence-corrected chi connectivity index (χ1v) is 9.20. The highest BCUT2D eigenvalue weighted by molar-refractivity contribution is 7.89. The molecule has 0 saturated heterocycles. The van der Waals surface area contributed by atoms with Crippen LogP contribution in [0.2, 0.25) is 5.02 Å². The summed E-state index contributed by atoms with van der Waals surface area (Å²) in [5.41, 5.74) is 1.75. The molecule has 1 aromatic heterocycles. The molecule has 0 aliphatic rings. The van der Waals surface area contributed by atoms with Gasteiger partial charge < -0.3 is 5.32 Å². The predicted molar refractivity (Wildman–Crippen MR) is 93.8 cm³/mol. The number of hydrogen-bond donors (Lipinski definition) is 1. The number of benzene rings is 1. The summed E-state index contributed by atoms with van der Waals surface area (Å²) in [6.07, 6.45) is 1.37. The van der Waals surface area contributed by atoms with Gasteiger partial charge in [-0.25, -0.2) is 13.4 Å². The molecule has 5 nitrogen and oxygen atoms in total. The van der Waals surface area contributed by atoms with Crippen molar-refractivity contribution >= 4 is 33.1 Å². The van der Waals surface area contributed by atoms with Gasteiger partial charge in [0, 0.05) is 30.0 Å². The van der Waals surface area contributed by atoms with Gasteiger partial charge >= 0.3 is 0 Å². The van der Waals surface area contributed by atoms with Gasteiger partial charge in [0.05, 0.1) is 0 Å². The molecule has 0 spiro atoms. The highest BCUT2D eigenvalue weighted by atomic mass is 35.5. The standard InChI is InChI=1S/C16H20ClN3O2S/c1-4-20(5-2)23(21,22)13-9-10-16(18-11-13)19-15-8-6-7-14(17)12(15)3/h6-11H,4-5H2,1-3H3,(H,18,19). The van der Waals surface area contributed by atoms with E-state index in [1.807, 2.05) is 39.0 Å². The zero-order valence-electron chi connectivity index (χ0n) is 13.4. The Hall–Kier alpha value is -1.63. The van der Waals surface area contributed by atoms with Crippen LogP contribution in [0, 0.1) is 6.92 Å². The van der Waals surface area contributed by atoms with Crippen LogP contribution in [-0.2, 0) is 10.0 Å². The molecule has 0 unspecified atom stereocenters. The van der Waals surface area contributed by atoms with Crippen molar-refractivity contribution in [3.8, 4) is 0 Å². The topological polar surface area (TPSA) is 62.3 Å². The van der Waals surface area contributed by atoms with E-state index in [4.69, 9.17) is 11.6 Å². The Labute approximate surface area is 142 Å². The van der Waals surface area contributed by atoms with Crippen molar-refractivity contribution in [3.63, 3.8) is 0 Å². The van der Waals surface area contributed by atoms with Crippen molar-refractivity contribution in [3.05, 3.63) is 47.1 Å². The molecule has 0 atom stereocenters. The van der Waals surface area contributed by atoms with Gasteiger partial charge in [-0.2, -0.15) is 4.31 Å². The first kappa shape index (κ1) is 17.7. The number of halogens is 1. The average molecular weight is 354 g/mol. The molecule has 7 heteroatoms. The zero-order chi connectivity index (χ0) is 17.0. The summed E-state index contributed by atoms with van der Waals surface area (Å²) in [7, 11) is -3.48. The summed E-state index contributed by atoms with van der Waals surface area (Å²) >= 11 is 6.09. The van der Waals surface area contributed by atoms with Gasteiger partial charge in [-0.15, -0.1) is 0 Å². The molecule has 1 aromatic carbocycles. The third kappa shape index (κ3) is 3.83. The Balaban J connectivity index is 2.25. The Morgan fingerprint density at radius 2 is 1.87 bits per heavy atom. The molecule has 0 aliphatic carbocycles. The maximum Gasteiger partial charge on any atom is 0.244 e. The molecule has 0 fully saturated rings. The Morgan fingerprint density at radius 1 is 1.17 bits per heavy atom. The largest absolute Gasteiger partial charge is 0.340 e. The summed E-state index contributed by atoms with van der Waals surface area (Å²) in [4.78, 5) is 4.39. The quantitative estimate of drug-likeness (QED) is 0.857. The van der Waals surface area contributed by atoms with Crippen LogP contribution in [0.4, 0.5) is 11.5 Å². The fourth-order valence-corrected chi connectivity index (χ4v) is 3.78. The number of hydrogen-bond acceptors (Lipinski definition) is 4. The number of nitrogens with one attached hydrogen (secondary N) is 1. The van der Waals surface area contributed by atoms with Crippen molar-refractivity contribution in [2.45, 2.75) is 25.7 Å². The molecule has 1 N–H and O–H groups in total. The maximum atomic E-state index is 12.4. The number of pyridine rings is 1. The highest BCUT2D eigenvalue weighted by Crippen LogP contribution is 2.26. The van der Waals surface area contributed by atoms with Gasteiger partial charge in [0.15, 0.2) is 0 Å². The van der Waals surface area contributed by atoms with Crippen LogP contribution >= 0.6 is 11.6 Å². The first-order valence-electron chi connectivity index (χ1n) is 7.38. The van der Waals surface area contributed by atoms with Crippen LogP contribution in [0.25, 0.3) is 0 Å². The van der Waals surface area contributed by atoms with Crippen molar-refractivity contribution in [1.82, 2.24) is 9.29 Å². The molecule has 0 aliphatic heterocycles. The summed E-state index contributed by atoms with van der Waals surface area (Å²) in [6, 6.07) is 8.76. The fraction of sp³-hybridized carbons (Fsp3) is 0.312. The lowest BCUT2D eigenvalue weighted by Crippen LogP contribution is -2.30. The number of rotatable bonds is 6. The van der Waals surface area contributed by atoms with E-state index in [2.05, 4.69) is 10.3 Å². The van der Waals surface area contributed by atoms with E-state index in [-0.39, 0.29) is 4.90 Å². The summed E-state index contributed by atoms with van der Waals surface area (Å²) in [5, 5.41) is 3.81. The molecular weight excluding hydrogens is 334 g/mol. The van der Waals surface area contributed by atoms with Crippen LogP contribution in [0.1, 0.15) is 19.4 Å². The summed E-state index contributed by atoms with van der Waals surface area (Å²) < 4.78 is 26.2. The van der Waals surface area contributed by atoms with E-state index in [0.29, 0.717) is 23.9 Å². The second-order valence-corrected chi connectivity index (χ2v) is 7.35. The maximum absolute atomic E-state index is 12.4. The van der Waals surface area contributed by atoms with Crippen molar-refractivity contribution in [2.75, 3.05) is 18.4 Å². The van der Waals surface area contributed by atoms with Crippen LogP contribution in [0.3, 0.4) is 0 Å². The van der Waals surface area contributed by atoms with E-state index >= 15 is 0 Å². The highest BCUT2D eigenvalue weighted by Gasteiger charge is 2.21. The number of anilines is 2. The van der Waals surface area contributed by atoms with Crippen LogP contribution < -0.4 is 5.32 Å². The third-order valence-electron chi connectivity index (χ3n) is 3.61. The van der Waals surface area contributed by atoms with Gasteiger partial charge in [-0.05, 0) is 36.8 Å². The lowest BCUT2D eigenvalue weighted by molar-refractivity contribution is 0.445. The molecule has 124 valence electrons. The molecule has 23 heavy (non-hydrogen) atoms. The monoisotopic (exact) mass is 353 g/mol. The van der Waals surface area contributed by atoms with Crippen LogP contribution in [0.15, 0.2) is 41.4 Å². The number of nitrogens with zero attached hydrogens (tertiary/aromatic N) is 2. The lowest BCUT2D eigenvalue weighted by Gasteiger charge is -2.18. The first-order chi connectivity index (χ1) is 10.9. The second kappa shape index (κ2) is 7.29. The lowest BCUT2D eigenvalue weighted by atomic mass is 10.2. The molecule has 1 heterocycles. The van der Waals surface area contributed by atoms with Gasteiger partial charge in [-0.1, -0.05) is 31.5 Å². The zero-order valence-corrected chi connectivity index (χ0v) is 14.9. The van der Waals surface area contributed by atoms with E-state index in [1.165, 1.54) is 10.5 Å². The van der Waals surface area contributed by atoms with E-state index in [1.54, 1.807) is 12.1 Å². The number of aromatic nitrogens is 1. The molecule has 0 amide bonds. The molecular formula is C16H20ClN3O2S. The Morgan fingerprint density at radius 3 is 2.43 bits per heavy atom. The Bertz CT molecular complexity index is 772. The predicted octanol–water partition coefficient (Wildman–Crippen LogP) is 3.82. The molecule has 0 radical (unpaired) electrons. The molecule has 0 bridgehead atoms. The van der Waals surface area contributed by atoms with Gasteiger partial charge in [-0.3, -0.25) is 0 Å². The SMILES string of the molecule is CCN(CC)S(=O)(=O)c1ccc(Nc2cccc(Cl)c2C)nc1. The van der Waals surface area contributed by atoms with E-state index < -0.39 is 10.0 Å². The minimum atomic E-state index is -3.48. The van der Waals surface area contributed by atoms with Crippen molar-refractivity contribution in [1.29, 1.82) is 0 Å². The summed E-state index contributed by atoms with van der Waals surface area (Å²) in [6.45, 7) is 6.39. The van der Waals surface area contributed by atoms with E-state index in [9.17, 15) is 8.42 Å². The number of sulfonamides is 1. The average Bonchev–Trinajstić information content (AvgIpc) is 2.53. The summed E-state index contributed by atoms with van der Waals surface area (Å²) in [5.74, 6) is 0.564. The molecule has 2 rings (SSSR count). The third-order valence-corrected chi connectivity index (χ3v) is 6.05. The minimum Gasteiger partial charge on any atom is -0.340 e. The molecule has 2 aromatic rings. The van der Waals surface area contributed by atoms with Crippen LogP contribution in [0.5, 0.6) is 0 Å². The van der Waals surface area contributed by atoms with Crippen LogP contribution in [-0.4, -0.2) is 30.8 Å².